The molecule has 1 unspecified atom stereocenters. The van der Waals surface area contributed by atoms with Gasteiger partial charge in [0.25, 0.3) is 5.91 Å². The van der Waals surface area contributed by atoms with Gasteiger partial charge >= 0.3 is 0 Å². The van der Waals surface area contributed by atoms with Gasteiger partial charge in [-0.05, 0) is 39.0 Å². The molecule has 0 saturated heterocycles. The fourth-order valence-electron chi connectivity index (χ4n) is 2.83. The first-order valence-electron chi connectivity index (χ1n) is 7.99. The first-order valence-corrected chi connectivity index (χ1v) is 7.99. The molecule has 2 aromatic rings. The lowest BCUT2D eigenvalue weighted by Crippen LogP contribution is -2.44. The van der Waals surface area contributed by atoms with Gasteiger partial charge in [0.2, 0.25) is 0 Å². The average molecular weight is 328 g/mol. The summed E-state index contributed by atoms with van der Waals surface area (Å²) in [4.78, 5) is 26.3. The highest BCUT2D eigenvalue weighted by molar-refractivity contribution is 6.02. The van der Waals surface area contributed by atoms with Crippen molar-refractivity contribution in [2.24, 2.45) is 0 Å². The molecule has 0 fully saturated rings. The molecular weight excluding hydrogens is 308 g/mol. The monoisotopic (exact) mass is 328 g/mol. The first kappa shape index (κ1) is 16.2. The van der Waals surface area contributed by atoms with Crippen LogP contribution < -0.4 is 9.64 Å². The van der Waals surface area contributed by atoms with Gasteiger partial charge in [-0.25, -0.2) is 0 Å². The molecule has 24 heavy (non-hydrogen) atoms. The number of aromatic nitrogens is 1. The SMILES string of the molecule is CCC(=O)c1ccc2c(c1)N(Cc1c(C)noc1C)C(=O)C(C)O2. The minimum atomic E-state index is -0.578. The van der Waals surface area contributed by atoms with E-state index in [4.69, 9.17) is 9.26 Å². The van der Waals surface area contributed by atoms with E-state index in [1.165, 1.54) is 0 Å². The van der Waals surface area contributed by atoms with Gasteiger partial charge in [0.15, 0.2) is 11.9 Å². The summed E-state index contributed by atoms with van der Waals surface area (Å²) in [5, 5.41) is 3.94. The number of nitrogens with zero attached hydrogens (tertiary/aromatic N) is 2. The van der Waals surface area contributed by atoms with E-state index in [1.54, 1.807) is 30.0 Å². The lowest BCUT2D eigenvalue weighted by atomic mass is 10.0. The van der Waals surface area contributed by atoms with Crippen molar-refractivity contribution in [3.8, 4) is 5.75 Å². The Morgan fingerprint density at radius 3 is 2.71 bits per heavy atom. The van der Waals surface area contributed by atoms with E-state index in [-0.39, 0.29) is 11.7 Å². The molecule has 0 N–H and O–H groups in total. The number of rotatable bonds is 4. The zero-order valence-electron chi connectivity index (χ0n) is 14.3. The number of ether oxygens (including phenoxy) is 1. The van der Waals surface area contributed by atoms with Crippen LogP contribution in [0.1, 0.15) is 47.6 Å². The predicted molar refractivity (Wildman–Crippen MR) is 88.3 cm³/mol. The normalized spacial score (nSPS) is 16.8. The van der Waals surface area contributed by atoms with Crippen LogP contribution in [-0.2, 0) is 11.3 Å². The van der Waals surface area contributed by atoms with Crippen molar-refractivity contribution in [1.29, 1.82) is 0 Å². The van der Waals surface area contributed by atoms with Crippen molar-refractivity contribution >= 4 is 17.4 Å². The van der Waals surface area contributed by atoms with E-state index in [9.17, 15) is 9.59 Å². The standard InChI is InChI=1S/C18H20N2O4/c1-5-16(21)13-6-7-17-15(8-13)20(18(22)12(4)23-17)9-14-10(2)19-24-11(14)3/h6-8,12H,5,9H2,1-4H3. The minimum Gasteiger partial charge on any atom is -0.479 e. The van der Waals surface area contributed by atoms with Crippen LogP contribution in [0.15, 0.2) is 22.7 Å². The Labute approximate surface area is 140 Å². The van der Waals surface area contributed by atoms with E-state index in [1.807, 2.05) is 20.8 Å². The van der Waals surface area contributed by atoms with Crippen LogP contribution in [0, 0.1) is 13.8 Å². The molecule has 1 aliphatic rings. The summed E-state index contributed by atoms with van der Waals surface area (Å²) < 4.78 is 10.9. The number of hydrogen-bond acceptors (Lipinski definition) is 5. The average Bonchev–Trinajstić information content (AvgIpc) is 2.89. The molecule has 6 heteroatoms. The molecule has 2 heterocycles. The van der Waals surface area contributed by atoms with E-state index in [0.717, 1.165) is 11.3 Å². The quantitative estimate of drug-likeness (QED) is 0.806. The number of carbonyl (C=O) groups excluding carboxylic acids is 2. The molecule has 6 nitrogen and oxygen atoms in total. The molecule has 0 spiro atoms. The Morgan fingerprint density at radius 1 is 1.33 bits per heavy atom. The third-order valence-electron chi connectivity index (χ3n) is 4.31. The first-order chi connectivity index (χ1) is 11.4. The molecule has 1 amide bonds. The number of amides is 1. The van der Waals surface area contributed by atoms with Crippen LogP contribution in [0.4, 0.5) is 5.69 Å². The Kier molecular flexibility index (Phi) is 4.13. The van der Waals surface area contributed by atoms with Gasteiger partial charge in [-0.3, -0.25) is 9.59 Å². The number of fused-ring (bicyclic) bond motifs is 1. The smallest absolute Gasteiger partial charge is 0.268 e. The molecule has 1 aromatic carbocycles. The summed E-state index contributed by atoms with van der Waals surface area (Å²) in [5.74, 6) is 1.16. The maximum Gasteiger partial charge on any atom is 0.268 e. The fraction of sp³-hybridized carbons (Fsp3) is 0.389. The zero-order valence-corrected chi connectivity index (χ0v) is 14.3. The van der Waals surface area contributed by atoms with Gasteiger partial charge in [0, 0.05) is 17.5 Å². The number of hydrogen-bond donors (Lipinski definition) is 0. The summed E-state index contributed by atoms with van der Waals surface area (Å²) in [6.07, 6.45) is -0.167. The van der Waals surface area contributed by atoms with E-state index in [0.29, 0.717) is 35.7 Å². The highest BCUT2D eigenvalue weighted by atomic mass is 16.5. The topological polar surface area (TPSA) is 72.6 Å². The van der Waals surface area contributed by atoms with Crippen LogP contribution in [0.5, 0.6) is 5.75 Å². The minimum absolute atomic E-state index is 0.0289. The van der Waals surface area contributed by atoms with Crippen molar-refractivity contribution < 1.29 is 18.8 Å². The summed E-state index contributed by atoms with van der Waals surface area (Å²) in [5.41, 5.74) is 2.81. The van der Waals surface area contributed by atoms with Crippen molar-refractivity contribution in [1.82, 2.24) is 5.16 Å². The zero-order chi connectivity index (χ0) is 17.4. The highest BCUT2D eigenvalue weighted by Gasteiger charge is 2.33. The van der Waals surface area contributed by atoms with Crippen LogP contribution >= 0.6 is 0 Å². The summed E-state index contributed by atoms with van der Waals surface area (Å²) >= 11 is 0. The molecule has 1 aromatic heterocycles. The van der Waals surface area contributed by atoms with Crippen LogP contribution in [0.3, 0.4) is 0 Å². The summed E-state index contributed by atoms with van der Waals surface area (Å²) in [6, 6.07) is 5.21. The van der Waals surface area contributed by atoms with E-state index < -0.39 is 6.10 Å². The van der Waals surface area contributed by atoms with Crippen LogP contribution in [0.2, 0.25) is 0 Å². The molecule has 1 atom stereocenters. The molecule has 1 aliphatic heterocycles. The van der Waals surface area contributed by atoms with Gasteiger partial charge in [-0.2, -0.15) is 0 Å². The maximum absolute atomic E-state index is 12.7. The van der Waals surface area contributed by atoms with Gasteiger partial charge < -0.3 is 14.2 Å². The molecule has 0 bridgehead atoms. The van der Waals surface area contributed by atoms with Gasteiger partial charge in [-0.1, -0.05) is 12.1 Å². The molecule has 0 radical (unpaired) electrons. The third kappa shape index (κ3) is 2.68. The van der Waals surface area contributed by atoms with Gasteiger partial charge in [0.05, 0.1) is 17.9 Å². The molecule has 0 aliphatic carbocycles. The van der Waals surface area contributed by atoms with Crippen LogP contribution in [0.25, 0.3) is 0 Å². The lowest BCUT2D eigenvalue weighted by molar-refractivity contribution is -0.125. The second-order valence-electron chi connectivity index (χ2n) is 5.95. The second-order valence-corrected chi connectivity index (χ2v) is 5.95. The molecule has 3 rings (SSSR count). The van der Waals surface area contributed by atoms with Crippen molar-refractivity contribution in [3.63, 3.8) is 0 Å². The Morgan fingerprint density at radius 2 is 2.08 bits per heavy atom. The Balaban J connectivity index is 2.05. The number of aryl methyl sites for hydroxylation is 2. The van der Waals surface area contributed by atoms with Crippen molar-refractivity contribution in [2.45, 2.75) is 46.8 Å². The third-order valence-corrected chi connectivity index (χ3v) is 4.31. The Hall–Kier alpha value is -2.63. The number of anilines is 1. The van der Waals surface area contributed by atoms with E-state index in [2.05, 4.69) is 5.16 Å². The van der Waals surface area contributed by atoms with Gasteiger partial charge in [0.1, 0.15) is 11.5 Å². The molecule has 126 valence electrons. The number of carbonyl (C=O) groups is 2. The summed E-state index contributed by atoms with van der Waals surface area (Å²) in [7, 11) is 0. The number of benzene rings is 1. The van der Waals surface area contributed by atoms with Crippen molar-refractivity contribution in [3.05, 3.63) is 40.8 Å². The predicted octanol–water partition coefficient (Wildman–Crippen LogP) is 3.20. The number of ketones is 1. The number of Topliss-reactive ketones (excluding diaryl/α,β-unsaturated/α-hetero) is 1. The van der Waals surface area contributed by atoms with Crippen molar-refractivity contribution in [2.75, 3.05) is 4.90 Å². The highest BCUT2D eigenvalue weighted by Crippen LogP contribution is 2.36. The molecular formula is C18H20N2O4. The van der Waals surface area contributed by atoms with Crippen LogP contribution in [-0.4, -0.2) is 23.0 Å². The lowest BCUT2D eigenvalue weighted by Gasteiger charge is -2.33. The summed E-state index contributed by atoms with van der Waals surface area (Å²) in [6.45, 7) is 7.54. The maximum atomic E-state index is 12.7. The fourth-order valence-corrected chi connectivity index (χ4v) is 2.83. The second kappa shape index (κ2) is 6.11. The molecule has 0 saturated carbocycles. The van der Waals surface area contributed by atoms with Gasteiger partial charge in [-0.15, -0.1) is 0 Å². The Bertz CT molecular complexity index is 790. The van der Waals surface area contributed by atoms with E-state index >= 15 is 0 Å². The largest absolute Gasteiger partial charge is 0.479 e.